The van der Waals surface area contributed by atoms with Crippen molar-refractivity contribution in [1.29, 1.82) is 5.26 Å². The zero-order valence-corrected chi connectivity index (χ0v) is 11.7. The highest BCUT2D eigenvalue weighted by atomic mass is 32.1. The average Bonchev–Trinajstić information content (AvgIpc) is 2.37. The Morgan fingerprint density at radius 2 is 1.84 bits per heavy atom. The normalized spacial score (nSPS) is 10.6. The molecule has 3 heteroatoms. The van der Waals surface area contributed by atoms with Crippen molar-refractivity contribution in [3.63, 3.8) is 0 Å². The van der Waals surface area contributed by atoms with Gasteiger partial charge in [-0.15, -0.1) is 0 Å². The number of aromatic nitrogens is 1. The molecule has 0 aliphatic carbocycles. The van der Waals surface area contributed by atoms with Crippen LogP contribution >= 0.6 is 0 Å². The number of hydrogen-bond acceptors (Lipinski definition) is 3. The molecule has 2 nitrogen and oxygen atoms in total. The van der Waals surface area contributed by atoms with Crippen molar-refractivity contribution in [2.45, 2.75) is 18.9 Å². The first-order valence-corrected chi connectivity index (χ1v) is 6.34. The number of nitrogens with zero attached hydrogens (tertiary/aromatic N) is 2. The summed E-state index contributed by atoms with van der Waals surface area (Å²) in [5.74, 6) is 0. The molecule has 94 valence electrons. The molecule has 0 aliphatic heterocycles. The van der Waals surface area contributed by atoms with E-state index in [1.54, 1.807) is 0 Å². The van der Waals surface area contributed by atoms with Gasteiger partial charge in [0.25, 0.3) is 0 Å². The van der Waals surface area contributed by atoms with Crippen molar-refractivity contribution in [1.82, 2.24) is 4.98 Å². The highest BCUT2D eigenvalue weighted by Gasteiger charge is 2.01. The first-order chi connectivity index (χ1) is 9.10. The summed E-state index contributed by atoms with van der Waals surface area (Å²) in [6.45, 7) is 3.93. The van der Waals surface area contributed by atoms with E-state index in [1.807, 2.05) is 37.3 Å². The molecule has 0 amide bonds. The van der Waals surface area contributed by atoms with Gasteiger partial charge in [-0.05, 0) is 31.0 Å². The van der Waals surface area contributed by atoms with Gasteiger partial charge >= 0.3 is 0 Å². The number of aryl methyl sites for hydroxylation is 2. The van der Waals surface area contributed by atoms with Gasteiger partial charge in [0.2, 0.25) is 0 Å². The van der Waals surface area contributed by atoms with Crippen LogP contribution in [0.2, 0.25) is 0 Å². The minimum absolute atomic E-state index is 0.367. The minimum atomic E-state index is 0.367. The molecule has 1 heterocycles. The molecule has 1 aromatic heterocycles. The second kappa shape index (κ2) is 5.64. The maximum absolute atomic E-state index is 9.13. The van der Waals surface area contributed by atoms with Crippen LogP contribution in [0.3, 0.4) is 0 Å². The molecule has 0 atom stereocenters. The Balaban J connectivity index is 2.38. The second-order valence-corrected chi connectivity index (χ2v) is 4.78. The quantitative estimate of drug-likeness (QED) is 0.778. The molecule has 0 unspecified atom stereocenters. The van der Waals surface area contributed by atoms with E-state index in [-0.39, 0.29) is 0 Å². The maximum atomic E-state index is 9.13. The fourth-order valence-electron chi connectivity index (χ4n) is 1.78. The molecule has 2 rings (SSSR count). The van der Waals surface area contributed by atoms with Gasteiger partial charge in [0, 0.05) is 5.69 Å². The van der Waals surface area contributed by atoms with Crippen LogP contribution in [0.15, 0.2) is 35.4 Å². The average molecular weight is 265 g/mol. The van der Waals surface area contributed by atoms with Crippen molar-refractivity contribution < 1.29 is 0 Å². The third kappa shape index (κ3) is 3.18. The summed E-state index contributed by atoms with van der Waals surface area (Å²) in [7, 11) is 0. The van der Waals surface area contributed by atoms with Gasteiger partial charge in [0.05, 0.1) is 11.6 Å². The van der Waals surface area contributed by atoms with Crippen molar-refractivity contribution in [3.05, 3.63) is 58.3 Å². The van der Waals surface area contributed by atoms with Crippen LogP contribution in [0.1, 0.15) is 27.9 Å². The Morgan fingerprint density at radius 3 is 2.47 bits per heavy atom. The fraction of sp³-hybridized carbons (Fsp3) is 0.125. The number of pyridine rings is 1. The highest BCUT2D eigenvalue weighted by molar-refractivity contribution is 7.58. The van der Waals surface area contributed by atoms with E-state index in [0.29, 0.717) is 10.6 Å². The van der Waals surface area contributed by atoms with Crippen molar-refractivity contribution in [3.8, 4) is 6.07 Å². The first-order valence-electron chi connectivity index (χ1n) is 5.93. The van der Waals surface area contributed by atoms with Crippen molar-refractivity contribution in [2.75, 3.05) is 0 Å². The zero-order chi connectivity index (χ0) is 13.8. The summed E-state index contributed by atoms with van der Waals surface area (Å²) >= 11 is 5.11. The first kappa shape index (κ1) is 13.3. The van der Waals surface area contributed by atoms with Crippen LogP contribution in [0.4, 0.5) is 0 Å². The zero-order valence-electron chi connectivity index (χ0n) is 10.8. The lowest BCUT2D eigenvalue weighted by Gasteiger charge is -2.11. The molecule has 0 saturated heterocycles. The summed E-state index contributed by atoms with van der Waals surface area (Å²) < 4.78 is 0. The molecular weight excluding hydrogens is 252 g/mol. The van der Waals surface area contributed by atoms with Gasteiger partial charge in [-0.3, -0.25) is 4.98 Å². The highest BCUT2D eigenvalue weighted by Crippen LogP contribution is 2.17. The molecule has 19 heavy (non-hydrogen) atoms. The Bertz CT molecular complexity index is 664. The standard InChI is InChI=1S/C16H14N2S/c1-11-3-5-13(6-4-11)7-8-14-9-12(2)18-16(19)15(14)10-17/h3-9H,1-2H3,(H,18,19)/p-1/b8-7+. The topological polar surface area (TPSA) is 36.7 Å². The van der Waals surface area contributed by atoms with Crippen LogP contribution in [-0.4, -0.2) is 4.98 Å². The molecule has 1 aromatic carbocycles. The molecule has 0 aliphatic rings. The van der Waals surface area contributed by atoms with Crippen LogP contribution in [0.5, 0.6) is 0 Å². The van der Waals surface area contributed by atoms with Crippen LogP contribution < -0.4 is 0 Å². The maximum Gasteiger partial charge on any atom is 0.0997 e. The molecule has 2 aromatic rings. The molecule has 0 N–H and O–H groups in total. The summed E-state index contributed by atoms with van der Waals surface area (Å²) in [4.78, 5) is 4.13. The van der Waals surface area contributed by atoms with Crippen LogP contribution in [-0.2, 0) is 12.6 Å². The fourth-order valence-corrected chi connectivity index (χ4v) is 2.08. The lowest BCUT2D eigenvalue weighted by molar-refractivity contribution is 1.05. The third-order valence-electron chi connectivity index (χ3n) is 2.79. The Morgan fingerprint density at radius 1 is 1.16 bits per heavy atom. The largest absolute Gasteiger partial charge is 0.759 e. The number of rotatable bonds is 2. The summed E-state index contributed by atoms with van der Waals surface area (Å²) in [6, 6.07) is 12.2. The molecule has 0 radical (unpaired) electrons. The van der Waals surface area contributed by atoms with Crippen molar-refractivity contribution in [2.24, 2.45) is 0 Å². The summed E-state index contributed by atoms with van der Waals surface area (Å²) in [5.41, 5.74) is 4.43. The predicted molar refractivity (Wildman–Crippen MR) is 79.4 cm³/mol. The van der Waals surface area contributed by atoms with Gasteiger partial charge in [-0.1, -0.05) is 47.0 Å². The number of nitriles is 1. The summed E-state index contributed by atoms with van der Waals surface area (Å²) in [5, 5.41) is 9.50. The van der Waals surface area contributed by atoms with Gasteiger partial charge in [-0.2, -0.15) is 5.26 Å². The molecule has 0 fully saturated rings. The van der Waals surface area contributed by atoms with E-state index in [4.69, 9.17) is 17.9 Å². The SMILES string of the molecule is Cc1ccc(/C=C/c2cc(C)nc([S-])c2C#N)cc1. The van der Waals surface area contributed by atoms with E-state index in [9.17, 15) is 0 Å². The van der Waals surface area contributed by atoms with E-state index in [0.717, 1.165) is 16.8 Å². The van der Waals surface area contributed by atoms with E-state index in [2.05, 4.69) is 30.1 Å². The van der Waals surface area contributed by atoms with Crippen LogP contribution in [0, 0.1) is 25.2 Å². The second-order valence-electron chi connectivity index (χ2n) is 4.39. The Kier molecular flexibility index (Phi) is 3.94. The Labute approximate surface area is 118 Å². The molecule has 0 bridgehead atoms. The Hall–Kier alpha value is -2.18. The van der Waals surface area contributed by atoms with Gasteiger partial charge < -0.3 is 12.6 Å². The van der Waals surface area contributed by atoms with Crippen molar-refractivity contribution >= 4 is 24.8 Å². The minimum Gasteiger partial charge on any atom is -0.759 e. The molecule has 0 saturated carbocycles. The van der Waals surface area contributed by atoms with E-state index < -0.39 is 0 Å². The smallest absolute Gasteiger partial charge is 0.0997 e. The van der Waals surface area contributed by atoms with Gasteiger partial charge in [0.15, 0.2) is 0 Å². The monoisotopic (exact) mass is 265 g/mol. The number of hydrogen-bond donors (Lipinski definition) is 0. The van der Waals surface area contributed by atoms with E-state index >= 15 is 0 Å². The lowest BCUT2D eigenvalue weighted by Crippen LogP contribution is -1.94. The number of benzene rings is 1. The summed E-state index contributed by atoms with van der Waals surface area (Å²) in [6.07, 6.45) is 3.89. The van der Waals surface area contributed by atoms with Crippen LogP contribution in [0.25, 0.3) is 12.2 Å². The molecular formula is C16H13N2S-. The van der Waals surface area contributed by atoms with E-state index in [1.165, 1.54) is 5.56 Å². The predicted octanol–water partition coefficient (Wildman–Crippen LogP) is 3.65. The lowest BCUT2D eigenvalue weighted by atomic mass is 10.1. The van der Waals surface area contributed by atoms with Gasteiger partial charge in [0.1, 0.15) is 0 Å². The van der Waals surface area contributed by atoms with Gasteiger partial charge in [-0.25, -0.2) is 0 Å². The third-order valence-corrected chi connectivity index (χ3v) is 3.08. The molecule has 0 spiro atoms.